The Morgan fingerprint density at radius 2 is 1.88 bits per heavy atom. The third-order valence-electron chi connectivity index (χ3n) is 3.28. The highest BCUT2D eigenvalue weighted by Gasteiger charge is 2.44. The first kappa shape index (κ1) is 11.5. The minimum absolute atomic E-state index is 0.407. The normalized spacial score (nSPS) is 20.6. The third-order valence-corrected chi connectivity index (χ3v) is 5.33. The topological polar surface area (TPSA) is 46.2 Å². The van der Waals surface area contributed by atoms with Gasteiger partial charge in [0, 0.05) is 0 Å². The molecular formula is C12H17NO2S. The van der Waals surface area contributed by atoms with E-state index in [-0.39, 0.29) is 0 Å². The molecule has 0 atom stereocenters. The van der Waals surface area contributed by atoms with Crippen LogP contribution in [0.1, 0.15) is 44.7 Å². The average Bonchev–Trinajstić information content (AvgIpc) is 2.33. The summed E-state index contributed by atoms with van der Waals surface area (Å²) in [5.41, 5.74) is 2.76. The molecule has 16 heavy (non-hydrogen) atoms. The molecule has 0 unspecified atom stereocenters. The van der Waals surface area contributed by atoms with E-state index in [0.29, 0.717) is 5.92 Å². The Labute approximate surface area is 96.9 Å². The molecule has 1 aromatic rings. The van der Waals surface area contributed by atoms with Crippen LogP contribution in [0.2, 0.25) is 0 Å². The minimum Gasteiger partial charge on any atom is -0.282 e. The maximum atomic E-state index is 11.9. The minimum atomic E-state index is -3.28. The summed E-state index contributed by atoms with van der Waals surface area (Å²) >= 11 is 0. The van der Waals surface area contributed by atoms with Crippen molar-refractivity contribution in [1.29, 1.82) is 0 Å². The monoisotopic (exact) mass is 239 g/mol. The summed E-state index contributed by atoms with van der Waals surface area (Å²) in [5, 5.41) is 0. The first-order valence-corrected chi connectivity index (χ1v) is 6.91. The van der Waals surface area contributed by atoms with Crippen molar-refractivity contribution < 1.29 is 8.42 Å². The summed E-state index contributed by atoms with van der Waals surface area (Å²) in [6.45, 7) is 7.69. The lowest BCUT2D eigenvalue weighted by atomic mass is 9.94. The van der Waals surface area contributed by atoms with Gasteiger partial charge in [-0.05, 0) is 37.0 Å². The zero-order valence-corrected chi connectivity index (χ0v) is 10.9. The Bertz CT molecular complexity index is 530. The zero-order chi connectivity index (χ0) is 12.1. The number of nitrogens with one attached hydrogen (secondary N) is 1. The standard InChI is InChI=1S/C12H17NO2S/c1-8(2)9-5-6-11-10(7-9)12(3,4)16(14,15)13-11/h5-8,13H,1-4H3. The van der Waals surface area contributed by atoms with Crippen LogP contribution in [0.25, 0.3) is 0 Å². The highest BCUT2D eigenvalue weighted by Crippen LogP contribution is 2.43. The number of hydrogen-bond donors (Lipinski definition) is 1. The average molecular weight is 239 g/mol. The molecule has 0 radical (unpaired) electrons. The van der Waals surface area contributed by atoms with Crippen LogP contribution < -0.4 is 4.72 Å². The van der Waals surface area contributed by atoms with E-state index in [4.69, 9.17) is 0 Å². The zero-order valence-electron chi connectivity index (χ0n) is 10.0. The van der Waals surface area contributed by atoms with Gasteiger partial charge in [0.25, 0.3) is 0 Å². The smallest absolute Gasteiger partial charge is 0.242 e. The van der Waals surface area contributed by atoms with Crippen molar-refractivity contribution in [2.24, 2.45) is 0 Å². The van der Waals surface area contributed by atoms with Crippen LogP contribution in [0.4, 0.5) is 5.69 Å². The van der Waals surface area contributed by atoms with E-state index in [0.717, 1.165) is 11.3 Å². The number of sulfonamides is 1. The maximum Gasteiger partial charge on any atom is 0.242 e. The summed E-state index contributed by atoms with van der Waals surface area (Å²) in [6.07, 6.45) is 0. The van der Waals surface area contributed by atoms with Gasteiger partial charge in [0.2, 0.25) is 10.0 Å². The Morgan fingerprint density at radius 3 is 2.44 bits per heavy atom. The van der Waals surface area contributed by atoms with E-state index >= 15 is 0 Å². The Balaban J connectivity index is 2.64. The van der Waals surface area contributed by atoms with Crippen molar-refractivity contribution in [2.45, 2.75) is 38.4 Å². The van der Waals surface area contributed by atoms with E-state index in [1.807, 2.05) is 18.2 Å². The number of benzene rings is 1. The third kappa shape index (κ3) is 1.44. The van der Waals surface area contributed by atoms with Crippen molar-refractivity contribution in [3.63, 3.8) is 0 Å². The lowest BCUT2D eigenvalue weighted by molar-refractivity contribution is 0.567. The number of fused-ring (bicyclic) bond motifs is 1. The lowest BCUT2D eigenvalue weighted by Crippen LogP contribution is -2.27. The predicted molar refractivity (Wildman–Crippen MR) is 66.1 cm³/mol. The van der Waals surface area contributed by atoms with E-state index in [1.165, 1.54) is 5.56 Å². The highest BCUT2D eigenvalue weighted by atomic mass is 32.2. The second kappa shape index (κ2) is 3.23. The van der Waals surface area contributed by atoms with E-state index in [9.17, 15) is 8.42 Å². The molecule has 1 aromatic carbocycles. The first-order chi connectivity index (χ1) is 7.25. The molecule has 0 saturated heterocycles. The molecule has 88 valence electrons. The van der Waals surface area contributed by atoms with E-state index in [1.54, 1.807) is 13.8 Å². The largest absolute Gasteiger partial charge is 0.282 e. The molecule has 0 amide bonds. The molecule has 0 saturated carbocycles. The first-order valence-electron chi connectivity index (χ1n) is 5.42. The second-order valence-electron chi connectivity index (χ2n) is 5.08. The second-order valence-corrected chi connectivity index (χ2v) is 7.31. The van der Waals surface area contributed by atoms with Gasteiger partial charge >= 0.3 is 0 Å². The van der Waals surface area contributed by atoms with Crippen LogP contribution >= 0.6 is 0 Å². The molecule has 1 aliphatic heterocycles. The molecule has 1 heterocycles. The van der Waals surface area contributed by atoms with Gasteiger partial charge in [-0.3, -0.25) is 4.72 Å². The molecule has 0 spiro atoms. The Morgan fingerprint density at radius 1 is 1.25 bits per heavy atom. The molecule has 1 N–H and O–H groups in total. The quantitative estimate of drug-likeness (QED) is 0.819. The van der Waals surface area contributed by atoms with Gasteiger partial charge in [0.05, 0.1) is 5.69 Å². The Kier molecular flexibility index (Phi) is 2.31. The van der Waals surface area contributed by atoms with Gasteiger partial charge in [-0.15, -0.1) is 0 Å². The number of anilines is 1. The van der Waals surface area contributed by atoms with E-state index in [2.05, 4.69) is 18.6 Å². The van der Waals surface area contributed by atoms with Crippen LogP contribution in [-0.4, -0.2) is 8.42 Å². The fourth-order valence-corrected chi connectivity index (χ4v) is 3.11. The summed E-state index contributed by atoms with van der Waals surface area (Å²) in [6, 6.07) is 5.84. The Hall–Kier alpha value is -1.03. The number of rotatable bonds is 1. The van der Waals surface area contributed by atoms with E-state index < -0.39 is 14.8 Å². The van der Waals surface area contributed by atoms with Gasteiger partial charge in [0.1, 0.15) is 4.75 Å². The van der Waals surface area contributed by atoms with Crippen LogP contribution in [-0.2, 0) is 14.8 Å². The lowest BCUT2D eigenvalue weighted by Gasteiger charge is -2.17. The fraction of sp³-hybridized carbons (Fsp3) is 0.500. The predicted octanol–water partition coefficient (Wildman–Crippen LogP) is 2.80. The summed E-state index contributed by atoms with van der Waals surface area (Å²) in [4.78, 5) is 0. The molecule has 0 fully saturated rings. The SMILES string of the molecule is CC(C)c1ccc2c(c1)C(C)(C)S(=O)(=O)N2. The van der Waals surface area contributed by atoms with Crippen molar-refractivity contribution in [3.8, 4) is 0 Å². The van der Waals surface area contributed by atoms with Gasteiger partial charge in [-0.25, -0.2) is 8.42 Å². The van der Waals surface area contributed by atoms with Crippen molar-refractivity contribution in [3.05, 3.63) is 29.3 Å². The highest BCUT2D eigenvalue weighted by molar-refractivity contribution is 7.94. The number of hydrogen-bond acceptors (Lipinski definition) is 2. The van der Waals surface area contributed by atoms with Gasteiger partial charge < -0.3 is 0 Å². The molecule has 0 aromatic heterocycles. The molecule has 0 bridgehead atoms. The molecular weight excluding hydrogens is 222 g/mol. The summed E-state index contributed by atoms with van der Waals surface area (Å²) in [7, 11) is -3.28. The fourth-order valence-electron chi connectivity index (χ4n) is 1.93. The van der Waals surface area contributed by atoms with Gasteiger partial charge in [-0.2, -0.15) is 0 Å². The van der Waals surface area contributed by atoms with Gasteiger partial charge in [-0.1, -0.05) is 26.0 Å². The van der Waals surface area contributed by atoms with Crippen LogP contribution in [0.5, 0.6) is 0 Å². The molecule has 3 nitrogen and oxygen atoms in total. The van der Waals surface area contributed by atoms with Crippen LogP contribution in [0, 0.1) is 0 Å². The van der Waals surface area contributed by atoms with Crippen LogP contribution in [0.3, 0.4) is 0 Å². The molecule has 4 heteroatoms. The van der Waals surface area contributed by atoms with Crippen LogP contribution in [0.15, 0.2) is 18.2 Å². The van der Waals surface area contributed by atoms with Gasteiger partial charge in [0.15, 0.2) is 0 Å². The molecule has 0 aliphatic carbocycles. The molecule has 1 aliphatic rings. The maximum absolute atomic E-state index is 11.9. The van der Waals surface area contributed by atoms with Crippen molar-refractivity contribution in [1.82, 2.24) is 0 Å². The summed E-state index contributed by atoms with van der Waals surface area (Å²) in [5.74, 6) is 0.407. The summed E-state index contributed by atoms with van der Waals surface area (Å²) < 4.78 is 25.6. The van der Waals surface area contributed by atoms with Crippen molar-refractivity contribution >= 4 is 15.7 Å². The van der Waals surface area contributed by atoms with Crippen molar-refractivity contribution in [2.75, 3.05) is 4.72 Å². The molecule has 2 rings (SSSR count).